The lowest BCUT2D eigenvalue weighted by Gasteiger charge is -2.26. The second kappa shape index (κ2) is 9.73. The van der Waals surface area contributed by atoms with E-state index in [4.69, 9.17) is 34.6 Å². The number of hydrogen-bond donors (Lipinski definition) is 7. The van der Waals surface area contributed by atoms with E-state index < -0.39 is 64.6 Å². The summed E-state index contributed by atoms with van der Waals surface area (Å²) >= 11 is 6.30. The molecule has 33 heavy (non-hydrogen) atoms. The van der Waals surface area contributed by atoms with Crippen LogP contribution in [0, 0.1) is 18.9 Å². The van der Waals surface area contributed by atoms with E-state index in [1.165, 1.54) is 6.92 Å². The number of hydrogen-bond acceptors (Lipinski definition) is 11. The summed E-state index contributed by atoms with van der Waals surface area (Å²) in [5.41, 5.74) is 3.09. The zero-order valence-corrected chi connectivity index (χ0v) is 19.4. The van der Waals surface area contributed by atoms with Crippen molar-refractivity contribution in [1.29, 1.82) is 0 Å². The van der Waals surface area contributed by atoms with Crippen LogP contribution >= 0.6 is 35.1 Å². The molecule has 2 rings (SSSR count). The van der Waals surface area contributed by atoms with E-state index in [-0.39, 0.29) is 5.69 Å². The molecule has 0 saturated carbocycles. The van der Waals surface area contributed by atoms with Gasteiger partial charge in [0.15, 0.2) is 11.1 Å². The minimum atomic E-state index is -6.04. The monoisotopic (exact) mass is 557 g/mol. The number of halogens is 1. The van der Waals surface area contributed by atoms with E-state index in [0.29, 0.717) is 4.57 Å². The van der Waals surface area contributed by atoms with E-state index in [0.717, 1.165) is 6.07 Å². The first kappa shape index (κ1) is 24.8. The Labute approximate surface area is 191 Å². The van der Waals surface area contributed by atoms with Gasteiger partial charge in [0.1, 0.15) is 12.2 Å². The van der Waals surface area contributed by atoms with Gasteiger partial charge in [0.2, 0.25) is 0 Å². The number of aromatic amines is 1. The van der Waals surface area contributed by atoms with Crippen LogP contribution in [0.1, 0.15) is 14.7 Å². The summed E-state index contributed by atoms with van der Waals surface area (Å²) < 4.78 is 67.1. The fraction of sp³-hybridized carbons (Fsp3) is 0.500. The van der Waals surface area contributed by atoms with E-state index in [2.05, 4.69) is 19.1 Å². The summed E-state index contributed by atoms with van der Waals surface area (Å²) in [6.07, 6.45) is -6.59. The van der Waals surface area contributed by atoms with Crippen LogP contribution in [0.3, 0.4) is 0 Å². The van der Waals surface area contributed by atoms with Crippen LogP contribution in [0.2, 0.25) is 0 Å². The van der Waals surface area contributed by atoms with Crippen molar-refractivity contribution in [1.82, 2.24) is 9.55 Å². The van der Waals surface area contributed by atoms with Crippen molar-refractivity contribution in [3.63, 3.8) is 0 Å². The summed E-state index contributed by atoms with van der Waals surface area (Å²) in [5.74, 6) is 2.11. The maximum atomic E-state index is 12.3. The molecule has 1 aromatic rings. The lowest BCUT2D eigenvalue weighted by atomic mass is 9.99. The van der Waals surface area contributed by atoms with Gasteiger partial charge in [0.25, 0.3) is 5.56 Å². The summed E-state index contributed by atoms with van der Waals surface area (Å²) in [4.78, 5) is 59.3. The van der Waals surface area contributed by atoms with Crippen molar-refractivity contribution < 1.29 is 59.0 Å². The van der Waals surface area contributed by atoms with Crippen molar-refractivity contribution in [2.75, 3.05) is 6.56 Å². The van der Waals surface area contributed by atoms with Crippen LogP contribution < -0.4 is 17.0 Å². The highest BCUT2D eigenvalue weighted by atomic mass is 35.5. The predicted molar refractivity (Wildman–Crippen MR) is 106 cm³/mol. The largest absolute Gasteiger partial charge is 0.490 e. The average Bonchev–Trinajstić information content (AvgIpc) is 2.83. The van der Waals surface area contributed by atoms with Crippen LogP contribution in [0.15, 0.2) is 15.7 Å². The first-order valence-corrected chi connectivity index (χ1v) is 13.0. The lowest BCUT2D eigenvalue weighted by Crippen LogP contribution is -2.45. The third-order valence-electron chi connectivity index (χ3n) is 3.72. The molecule has 1 fully saturated rings. The number of alkyl halides is 1. The van der Waals surface area contributed by atoms with Gasteiger partial charge >= 0.3 is 29.2 Å². The molecular formula is C12H17ClN3O14P3. The number of aromatic nitrogens is 2. The Hall–Kier alpha value is -1.34. The number of H-pyrrole nitrogens is 1. The highest BCUT2D eigenvalue weighted by Gasteiger charge is 2.57. The maximum Gasteiger partial charge on any atom is 0.490 e. The summed E-state index contributed by atoms with van der Waals surface area (Å²) in [7, 11) is -17.8. The molecule has 3 unspecified atom stereocenters. The van der Waals surface area contributed by atoms with Crippen molar-refractivity contribution >= 4 is 35.1 Å². The van der Waals surface area contributed by atoms with Crippen molar-refractivity contribution in [2.45, 2.75) is 30.2 Å². The first-order chi connectivity index (χ1) is 15.6. The molecule has 0 amide bonds. The van der Waals surface area contributed by atoms with Gasteiger partial charge in [-0.1, -0.05) is 11.6 Å². The number of rotatable bonds is 8. The zero-order valence-electron chi connectivity index (χ0n) is 18.0. The van der Waals surface area contributed by atoms with Crippen molar-refractivity contribution in [3.8, 4) is 12.0 Å². The first-order valence-electron chi connectivity index (χ1n) is 9.06. The molecule has 1 aliphatic heterocycles. The number of aliphatic hydroxyl groups is 1. The van der Waals surface area contributed by atoms with Gasteiger partial charge in [-0.25, -0.2) is 18.5 Å². The number of nitrogens with two attached hydrogens (primary N) is 1. The molecule has 8 N–H and O–H groups in total. The van der Waals surface area contributed by atoms with Gasteiger partial charge in [-0.05, 0) is 12.8 Å². The minimum Gasteiger partial charge on any atom is -0.387 e. The molecule has 1 aromatic heterocycles. The second-order valence-corrected chi connectivity index (χ2v) is 11.1. The fourth-order valence-electron chi connectivity index (χ4n) is 2.59. The molecule has 0 aromatic carbocycles. The molecule has 1 saturated heterocycles. The number of phosphoric ester groups is 1. The number of phosphoric acid groups is 3. The number of ether oxygens (including phenoxy) is 1. The van der Waals surface area contributed by atoms with Gasteiger partial charge in [-0.2, -0.15) is 8.62 Å². The van der Waals surface area contributed by atoms with Gasteiger partial charge in [-0.15, -0.1) is 0 Å². The predicted octanol–water partition coefficient (Wildman–Crippen LogP) is -1.66. The van der Waals surface area contributed by atoms with Crippen molar-refractivity contribution in [2.24, 2.45) is 5.73 Å². The number of nitrogens with zero attached hydrogens (tertiary/aromatic N) is 1. The molecule has 21 heteroatoms. The summed E-state index contributed by atoms with van der Waals surface area (Å²) in [6, 6.07) is 2.76. The normalized spacial score (nSPS) is 30.3. The Balaban J connectivity index is 2.46. The molecular weight excluding hydrogens is 539 g/mol. The van der Waals surface area contributed by atoms with Gasteiger partial charge in [0.05, 0.1) is 9.30 Å². The summed E-state index contributed by atoms with van der Waals surface area (Å²) in [6.45, 7) is -2.40. The topological polar surface area (TPSA) is 270 Å². The third kappa shape index (κ3) is 6.84. The molecule has 0 aliphatic carbocycles. The molecule has 1 aliphatic rings. The highest BCUT2D eigenvalue weighted by molar-refractivity contribution is 7.66. The minimum absolute atomic E-state index is 0.103. The van der Waals surface area contributed by atoms with Gasteiger partial charge < -0.3 is 35.2 Å². The van der Waals surface area contributed by atoms with E-state index in [9.17, 15) is 38.2 Å². The standard InChI is InChI=1S/C12H17ClN3O14P3/c1-6-4-8(17)15-11(19)16(6)10-12(13,2-3-14)9(18)7(28-10)5-27-32(23,24)30-33(25,26)29-31(20,21)22/h4,7,9-10,18H,5,14H2,1H3,(H,23,24)(H,25,26)(H,15,17,19)(H2,20,21,22)/t7-,9+,10-,12?/m1/s1/i5D2. The fourth-order valence-corrected chi connectivity index (χ4v) is 5.79. The third-order valence-corrected chi connectivity index (χ3v) is 7.89. The second-order valence-electron chi connectivity index (χ2n) is 6.14. The average molecular weight is 558 g/mol. The molecule has 0 bridgehead atoms. The number of aliphatic hydroxyl groups excluding tert-OH is 1. The molecule has 0 spiro atoms. The Morgan fingerprint density at radius 1 is 1.30 bits per heavy atom. The highest BCUT2D eigenvalue weighted by Crippen LogP contribution is 2.66. The van der Waals surface area contributed by atoms with Gasteiger partial charge in [-0.3, -0.25) is 18.9 Å². The van der Waals surface area contributed by atoms with Crippen LogP contribution in [-0.2, 0) is 31.6 Å². The zero-order chi connectivity index (χ0) is 27.2. The van der Waals surface area contributed by atoms with Crippen LogP contribution in [0.5, 0.6) is 0 Å². The Morgan fingerprint density at radius 3 is 2.42 bits per heavy atom. The SMILES string of the molecule is [2H]C([2H])(OP(=O)(O)OP(=O)(O)OP(=O)(O)O)[C@H]1O[C@@H](n2c(C)cc(=O)[nH]c2=O)C(Cl)(C#CN)[C@H]1O. The molecule has 2 heterocycles. The van der Waals surface area contributed by atoms with Crippen molar-refractivity contribution in [3.05, 3.63) is 32.6 Å². The maximum absolute atomic E-state index is 12.3. The van der Waals surface area contributed by atoms with E-state index in [1.54, 1.807) is 0 Å². The molecule has 6 atom stereocenters. The Morgan fingerprint density at radius 2 is 1.91 bits per heavy atom. The number of aryl methyl sites for hydroxylation is 1. The number of nitrogens with one attached hydrogen (secondary N) is 1. The van der Waals surface area contributed by atoms with E-state index >= 15 is 0 Å². The summed E-state index contributed by atoms with van der Waals surface area (Å²) in [5, 5.41) is 10.7. The van der Waals surface area contributed by atoms with Gasteiger partial charge in [0, 0.05) is 17.8 Å². The Bertz CT molecular complexity index is 1320. The lowest BCUT2D eigenvalue weighted by molar-refractivity contribution is -0.0462. The molecule has 186 valence electrons. The molecule has 17 nitrogen and oxygen atoms in total. The van der Waals surface area contributed by atoms with Crippen LogP contribution in [-0.4, -0.2) is 57.9 Å². The van der Waals surface area contributed by atoms with Crippen LogP contribution in [0.25, 0.3) is 0 Å². The molecule has 0 radical (unpaired) electrons. The van der Waals surface area contributed by atoms with Crippen LogP contribution in [0.4, 0.5) is 0 Å². The van der Waals surface area contributed by atoms with E-state index in [1.807, 2.05) is 11.0 Å². The Kier molecular flexibility index (Phi) is 7.30. The quantitative estimate of drug-likeness (QED) is 0.0815. The smallest absolute Gasteiger partial charge is 0.387 e.